The van der Waals surface area contributed by atoms with Gasteiger partial charge in [0, 0.05) is 12.5 Å². The zero-order valence-corrected chi connectivity index (χ0v) is 12.7. The van der Waals surface area contributed by atoms with E-state index < -0.39 is 0 Å². The second-order valence-electron chi connectivity index (χ2n) is 6.16. The van der Waals surface area contributed by atoms with Crippen LogP contribution in [-0.4, -0.2) is 14.9 Å². The maximum absolute atomic E-state index is 10.4. The van der Waals surface area contributed by atoms with Gasteiger partial charge in [0.05, 0.1) is 5.69 Å². The standard InChI is InChI=1S/C15H28N2O/c1-7-12(6)14-15(18)13(8-10(2)3)16-17(14)9-11(4)5/h10-12,18H,7-9H2,1-6H3. The van der Waals surface area contributed by atoms with E-state index in [1.807, 2.05) is 4.68 Å². The molecule has 1 atom stereocenters. The van der Waals surface area contributed by atoms with Gasteiger partial charge in [-0.2, -0.15) is 5.10 Å². The van der Waals surface area contributed by atoms with Crippen molar-refractivity contribution in [3.8, 4) is 5.75 Å². The van der Waals surface area contributed by atoms with Crippen LogP contribution in [0.1, 0.15) is 65.3 Å². The van der Waals surface area contributed by atoms with Crippen LogP contribution < -0.4 is 0 Å². The summed E-state index contributed by atoms with van der Waals surface area (Å²) in [5, 5.41) is 15.0. The molecule has 1 aromatic heterocycles. The third kappa shape index (κ3) is 3.50. The minimum absolute atomic E-state index is 0.358. The topological polar surface area (TPSA) is 38.1 Å². The van der Waals surface area contributed by atoms with Crippen molar-refractivity contribution >= 4 is 0 Å². The van der Waals surface area contributed by atoms with Crippen molar-refractivity contribution in [1.82, 2.24) is 9.78 Å². The molecule has 0 aliphatic rings. The summed E-state index contributed by atoms with van der Waals surface area (Å²) >= 11 is 0. The first-order valence-corrected chi connectivity index (χ1v) is 7.15. The Morgan fingerprint density at radius 3 is 2.17 bits per heavy atom. The first-order chi connectivity index (χ1) is 8.36. The first kappa shape index (κ1) is 15.1. The van der Waals surface area contributed by atoms with Gasteiger partial charge in [-0.05, 0) is 24.7 Å². The number of hydrogen-bond donors (Lipinski definition) is 1. The van der Waals surface area contributed by atoms with Crippen LogP contribution in [0.2, 0.25) is 0 Å². The summed E-state index contributed by atoms with van der Waals surface area (Å²) < 4.78 is 2.02. The number of aromatic hydroxyl groups is 1. The minimum atomic E-state index is 0.358. The number of aromatic nitrogens is 2. The fourth-order valence-electron chi connectivity index (χ4n) is 2.21. The smallest absolute Gasteiger partial charge is 0.160 e. The summed E-state index contributed by atoms with van der Waals surface area (Å²) in [6, 6.07) is 0. The van der Waals surface area contributed by atoms with Gasteiger partial charge in [0.25, 0.3) is 0 Å². The van der Waals surface area contributed by atoms with Crippen molar-refractivity contribution in [2.24, 2.45) is 11.8 Å². The molecule has 1 aromatic rings. The molecule has 104 valence electrons. The third-order valence-corrected chi connectivity index (χ3v) is 3.25. The highest BCUT2D eigenvalue weighted by Crippen LogP contribution is 2.32. The Morgan fingerprint density at radius 2 is 1.72 bits per heavy atom. The van der Waals surface area contributed by atoms with Gasteiger partial charge < -0.3 is 5.11 Å². The maximum Gasteiger partial charge on any atom is 0.160 e. The van der Waals surface area contributed by atoms with Crippen molar-refractivity contribution in [2.45, 2.75) is 66.8 Å². The lowest BCUT2D eigenvalue weighted by Gasteiger charge is -2.14. The molecule has 0 fully saturated rings. The molecule has 0 aliphatic carbocycles. The number of hydrogen-bond acceptors (Lipinski definition) is 2. The fourth-order valence-corrected chi connectivity index (χ4v) is 2.21. The lowest BCUT2D eigenvalue weighted by molar-refractivity contribution is 0.429. The van der Waals surface area contributed by atoms with Gasteiger partial charge in [-0.3, -0.25) is 4.68 Å². The van der Waals surface area contributed by atoms with Crippen molar-refractivity contribution in [2.75, 3.05) is 0 Å². The molecule has 0 saturated carbocycles. The van der Waals surface area contributed by atoms with Crippen LogP contribution >= 0.6 is 0 Å². The van der Waals surface area contributed by atoms with Crippen molar-refractivity contribution in [3.63, 3.8) is 0 Å². The largest absolute Gasteiger partial charge is 0.504 e. The first-order valence-electron chi connectivity index (χ1n) is 7.15. The van der Waals surface area contributed by atoms with E-state index in [2.05, 4.69) is 46.6 Å². The van der Waals surface area contributed by atoms with Gasteiger partial charge in [-0.1, -0.05) is 41.5 Å². The number of rotatable bonds is 6. The van der Waals surface area contributed by atoms with E-state index in [1.54, 1.807) is 0 Å². The summed E-state index contributed by atoms with van der Waals surface area (Å²) in [6.45, 7) is 13.9. The summed E-state index contributed by atoms with van der Waals surface area (Å²) in [4.78, 5) is 0. The van der Waals surface area contributed by atoms with E-state index in [4.69, 9.17) is 0 Å². The van der Waals surface area contributed by atoms with E-state index in [1.165, 1.54) is 0 Å². The minimum Gasteiger partial charge on any atom is -0.504 e. The van der Waals surface area contributed by atoms with E-state index in [9.17, 15) is 5.11 Å². The van der Waals surface area contributed by atoms with E-state index in [-0.39, 0.29) is 0 Å². The Balaban J connectivity index is 3.13. The zero-order valence-electron chi connectivity index (χ0n) is 12.7. The van der Waals surface area contributed by atoms with Crippen molar-refractivity contribution < 1.29 is 5.11 Å². The molecule has 1 rings (SSSR count). The molecule has 1 unspecified atom stereocenters. The summed E-state index contributed by atoms with van der Waals surface area (Å²) in [5.74, 6) is 1.85. The summed E-state index contributed by atoms with van der Waals surface area (Å²) in [5.41, 5.74) is 1.88. The van der Waals surface area contributed by atoms with Gasteiger partial charge in [0.2, 0.25) is 0 Å². The average molecular weight is 252 g/mol. The molecule has 0 saturated heterocycles. The van der Waals surface area contributed by atoms with Crippen LogP contribution in [-0.2, 0) is 13.0 Å². The Labute approximate surface area is 111 Å². The quantitative estimate of drug-likeness (QED) is 0.832. The highest BCUT2D eigenvalue weighted by Gasteiger charge is 2.21. The molecule has 0 aromatic carbocycles. The molecule has 0 radical (unpaired) electrons. The van der Waals surface area contributed by atoms with Crippen LogP contribution in [0.3, 0.4) is 0 Å². The van der Waals surface area contributed by atoms with Crippen LogP contribution in [0, 0.1) is 11.8 Å². The van der Waals surface area contributed by atoms with E-state index in [0.29, 0.717) is 23.5 Å². The monoisotopic (exact) mass is 252 g/mol. The summed E-state index contributed by atoms with van der Waals surface area (Å²) in [7, 11) is 0. The fraction of sp³-hybridized carbons (Fsp3) is 0.800. The van der Waals surface area contributed by atoms with Crippen LogP contribution in [0.25, 0.3) is 0 Å². The highest BCUT2D eigenvalue weighted by atomic mass is 16.3. The second-order valence-corrected chi connectivity index (χ2v) is 6.16. The lowest BCUT2D eigenvalue weighted by Crippen LogP contribution is -2.11. The molecule has 1 N–H and O–H groups in total. The molecule has 0 spiro atoms. The third-order valence-electron chi connectivity index (χ3n) is 3.25. The van der Waals surface area contributed by atoms with Crippen LogP contribution in [0.4, 0.5) is 0 Å². The molecule has 0 amide bonds. The molecule has 0 aliphatic heterocycles. The van der Waals surface area contributed by atoms with Crippen LogP contribution in [0.5, 0.6) is 5.75 Å². The maximum atomic E-state index is 10.4. The van der Waals surface area contributed by atoms with Crippen molar-refractivity contribution in [3.05, 3.63) is 11.4 Å². The van der Waals surface area contributed by atoms with Gasteiger partial charge in [-0.15, -0.1) is 0 Å². The predicted octanol–water partition coefficient (Wildman–Crippen LogP) is 3.96. The van der Waals surface area contributed by atoms with Gasteiger partial charge in [-0.25, -0.2) is 0 Å². The van der Waals surface area contributed by atoms with Gasteiger partial charge >= 0.3 is 0 Å². The lowest BCUT2D eigenvalue weighted by atomic mass is 10.0. The Kier molecular flexibility index (Phi) is 5.24. The molecule has 3 nitrogen and oxygen atoms in total. The van der Waals surface area contributed by atoms with E-state index in [0.717, 1.165) is 30.8 Å². The molecule has 3 heteroatoms. The normalized spacial score (nSPS) is 13.6. The number of nitrogens with zero attached hydrogens (tertiary/aromatic N) is 2. The average Bonchev–Trinajstić information content (AvgIpc) is 2.53. The Morgan fingerprint density at radius 1 is 1.11 bits per heavy atom. The van der Waals surface area contributed by atoms with Gasteiger partial charge in [0.15, 0.2) is 5.75 Å². The van der Waals surface area contributed by atoms with Crippen molar-refractivity contribution in [1.29, 1.82) is 0 Å². The molecular weight excluding hydrogens is 224 g/mol. The van der Waals surface area contributed by atoms with Crippen LogP contribution in [0.15, 0.2) is 0 Å². The predicted molar refractivity (Wildman–Crippen MR) is 76.0 cm³/mol. The Hall–Kier alpha value is -0.990. The SMILES string of the molecule is CCC(C)c1c(O)c(CC(C)C)nn1CC(C)C. The second kappa shape index (κ2) is 6.26. The Bertz CT molecular complexity index is 380. The van der Waals surface area contributed by atoms with Gasteiger partial charge in [0.1, 0.15) is 5.69 Å². The molecule has 0 bridgehead atoms. The molecule has 1 heterocycles. The summed E-state index contributed by atoms with van der Waals surface area (Å²) in [6.07, 6.45) is 1.87. The molecular formula is C15H28N2O. The molecule has 18 heavy (non-hydrogen) atoms. The highest BCUT2D eigenvalue weighted by molar-refractivity contribution is 5.35. The van der Waals surface area contributed by atoms with E-state index >= 15 is 0 Å². The zero-order chi connectivity index (χ0) is 13.9.